The van der Waals surface area contributed by atoms with Gasteiger partial charge in [0.15, 0.2) is 0 Å². The number of aromatic nitrogens is 1. The van der Waals surface area contributed by atoms with E-state index < -0.39 is 11.7 Å². The monoisotopic (exact) mass is 382 g/mol. The Morgan fingerprint density at radius 2 is 1.68 bits per heavy atom. The Morgan fingerprint density at radius 1 is 1.04 bits per heavy atom. The van der Waals surface area contributed by atoms with Gasteiger partial charge >= 0.3 is 6.09 Å². The van der Waals surface area contributed by atoms with Crippen LogP contribution in [0.5, 0.6) is 17.2 Å². The van der Waals surface area contributed by atoms with Gasteiger partial charge in [-0.3, -0.25) is 0 Å². The van der Waals surface area contributed by atoms with Crippen molar-refractivity contribution in [3.05, 3.63) is 54.2 Å². The van der Waals surface area contributed by atoms with E-state index in [1.807, 2.05) is 76.4 Å². The molecule has 0 fully saturated rings. The quantitative estimate of drug-likeness (QED) is 0.606. The first-order valence-corrected chi connectivity index (χ1v) is 9.17. The molecular weight excluding hydrogens is 356 g/mol. The number of aromatic amines is 1. The second kappa shape index (κ2) is 7.84. The van der Waals surface area contributed by atoms with E-state index in [0.717, 1.165) is 28.0 Å². The number of amides is 1. The van der Waals surface area contributed by atoms with E-state index in [0.29, 0.717) is 5.75 Å². The minimum atomic E-state index is -0.538. The second-order valence-corrected chi connectivity index (χ2v) is 7.60. The van der Waals surface area contributed by atoms with Crippen molar-refractivity contribution >= 4 is 17.0 Å². The molecule has 0 bridgehead atoms. The second-order valence-electron chi connectivity index (χ2n) is 7.60. The van der Waals surface area contributed by atoms with Crippen molar-refractivity contribution in [1.82, 2.24) is 10.3 Å². The van der Waals surface area contributed by atoms with Gasteiger partial charge in [-0.15, -0.1) is 0 Å². The van der Waals surface area contributed by atoms with Crippen LogP contribution in [0.2, 0.25) is 0 Å². The Kier molecular flexibility index (Phi) is 5.49. The molecule has 0 aliphatic heterocycles. The maximum Gasteiger partial charge on any atom is 0.408 e. The van der Waals surface area contributed by atoms with Gasteiger partial charge in [-0.2, -0.15) is 0 Å². The highest BCUT2D eigenvalue weighted by atomic mass is 16.6. The van der Waals surface area contributed by atoms with Crippen molar-refractivity contribution < 1.29 is 19.0 Å². The van der Waals surface area contributed by atoms with Crippen LogP contribution in [-0.4, -0.2) is 23.8 Å². The summed E-state index contributed by atoms with van der Waals surface area (Å²) in [5.74, 6) is 2.21. The van der Waals surface area contributed by atoms with E-state index in [9.17, 15) is 4.79 Å². The summed E-state index contributed by atoms with van der Waals surface area (Å²) >= 11 is 0. The van der Waals surface area contributed by atoms with Gasteiger partial charge in [-0.1, -0.05) is 0 Å². The van der Waals surface area contributed by atoms with E-state index in [-0.39, 0.29) is 6.04 Å². The molecule has 148 valence electrons. The lowest BCUT2D eigenvalue weighted by Gasteiger charge is -2.22. The number of fused-ring (bicyclic) bond motifs is 1. The lowest BCUT2D eigenvalue weighted by Crippen LogP contribution is -2.33. The van der Waals surface area contributed by atoms with Crippen LogP contribution >= 0.6 is 0 Å². The first-order chi connectivity index (χ1) is 13.2. The third kappa shape index (κ3) is 4.76. The SMILES string of the molecule is COc1ccc(Oc2ccc3[nH]cc(C(C)NC(=O)OC(C)(C)C)c3c2)cc1. The number of alkyl carbamates (subject to hydrolysis) is 1. The molecule has 6 nitrogen and oxygen atoms in total. The molecule has 1 atom stereocenters. The van der Waals surface area contributed by atoms with Crippen LogP contribution in [-0.2, 0) is 4.74 Å². The van der Waals surface area contributed by atoms with Crippen LogP contribution in [0.15, 0.2) is 48.7 Å². The third-order valence-corrected chi connectivity index (χ3v) is 4.18. The highest BCUT2D eigenvalue weighted by Crippen LogP contribution is 2.30. The van der Waals surface area contributed by atoms with E-state index in [1.165, 1.54) is 0 Å². The van der Waals surface area contributed by atoms with Crippen molar-refractivity contribution in [2.75, 3.05) is 7.11 Å². The summed E-state index contributed by atoms with van der Waals surface area (Å²) in [4.78, 5) is 15.3. The number of rotatable bonds is 5. The summed E-state index contributed by atoms with van der Waals surface area (Å²) in [6, 6.07) is 13.0. The minimum absolute atomic E-state index is 0.222. The summed E-state index contributed by atoms with van der Waals surface area (Å²) in [7, 11) is 1.63. The van der Waals surface area contributed by atoms with E-state index in [2.05, 4.69) is 10.3 Å². The molecule has 3 aromatic rings. The maximum absolute atomic E-state index is 12.1. The van der Waals surface area contributed by atoms with Crippen LogP contribution in [0, 0.1) is 0 Å². The van der Waals surface area contributed by atoms with Gasteiger partial charge in [-0.05, 0) is 75.7 Å². The average Bonchev–Trinajstić information content (AvgIpc) is 3.04. The van der Waals surface area contributed by atoms with Crippen molar-refractivity contribution in [3.63, 3.8) is 0 Å². The molecule has 6 heteroatoms. The predicted molar refractivity (Wildman–Crippen MR) is 109 cm³/mol. The summed E-state index contributed by atoms with van der Waals surface area (Å²) in [6.45, 7) is 7.44. The van der Waals surface area contributed by atoms with Crippen molar-refractivity contribution in [2.45, 2.75) is 39.3 Å². The molecule has 1 aromatic heterocycles. The topological polar surface area (TPSA) is 72.6 Å². The van der Waals surface area contributed by atoms with Gasteiger partial charge in [0, 0.05) is 17.1 Å². The van der Waals surface area contributed by atoms with Gasteiger partial charge in [0.25, 0.3) is 0 Å². The number of hydrogen-bond donors (Lipinski definition) is 2. The fraction of sp³-hybridized carbons (Fsp3) is 0.318. The van der Waals surface area contributed by atoms with Crippen LogP contribution in [0.1, 0.15) is 39.3 Å². The van der Waals surface area contributed by atoms with Crippen LogP contribution in [0.3, 0.4) is 0 Å². The average molecular weight is 382 g/mol. The summed E-state index contributed by atoms with van der Waals surface area (Å²) in [5, 5.41) is 3.86. The van der Waals surface area contributed by atoms with Gasteiger partial charge in [0.05, 0.1) is 13.2 Å². The number of carbonyl (C=O) groups is 1. The lowest BCUT2D eigenvalue weighted by molar-refractivity contribution is 0.0508. The highest BCUT2D eigenvalue weighted by Gasteiger charge is 2.20. The highest BCUT2D eigenvalue weighted by molar-refractivity contribution is 5.85. The Labute approximate surface area is 164 Å². The zero-order valence-corrected chi connectivity index (χ0v) is 16.8. The molecule has 28 heavy (non-hydrogen) atoms. The number of methoxy groups -OCH3 is 1. The van der Waals surface area contributed by atoms with E-state index in [4.69, 9.17) is 14.2 Å². The lowest BCUT2D eigenvalue weighted by atomic mass is 10.1. The van der Waals surface area contributed by atoms with E-state index in [1.54, 1.807) is 7.11 Å². The molecule has 0 spiro atoms. The van der Waals surface area contributed by atoms with Gasteiger partial charge in [0.2, 0.25) is 0 Å². The predicted octanol–water partition coefficient (Wildman–Crippen LogP) is 5.55. The number of ether oxygens (including phenoxy) is 3. The molecule has 0 saturated heterocycles. The van der Waals surface area contributed by atoms with Crippen LogP contribution in [0.4, 0.5) is 4.79 Å². The summed E-state index contributed by atoms with van der Waals surface area (Å²) in [5.41, 5.74) is 1.39. The molecule has 0 aliphatic rings. The summed E-state index contributed by atoms with van der Waals surface area (Å²) in [6.07, 6.45) is 1.45. The number of H-pyrrole nitrogens is 1. The zero-order chi connectivity index (χ0) is 20.3. The maximum atomic E-state index is 12.1. The molecule has 1 heterocycles. The van der Waals surface area contributed by atoms with Gasteiger partial charge in [-0.25, -0.2) is 4.79 Å². The molecule has 1 unspecified atom stereocenters. The van der Waals surface area contributed by atoms with Crippen molar-refractivity contribution in [2.24, 2.45) is 0 Å². The smallest absolute Gasteiger partial charge is 0.408 e. The first-order valence-electron chi connectivity index (χ1n) is 9.17. The number of benzene rings is 2. The molecule has 3 rings (SSSR count). The fourth-order valence-electron chi connectivity index (χ4n) is 2.88. The Morgan fingerprint density at radius 3 is 2.32 bits per heavy atom. The number of nitrogens with one attached hydrogen (secondary N) is 2. The largest absolute Gasteiger partial charge is 0.497 e. The normalized spacial score (nSPS) is 12.5. The molecule has 0 aliphatic carbocycles. The van der Waals surface area contributed by atoms with Crippen molar-refractivity contribution in [3.8, 4) is 17.2 Å². The Bertz CT molecular complexity index is 955. The molecule has 0 radical (unpaired) electrons. The Balaban J connectivity index is 1.78. The van der Waals surface area contributed by atoms with Crippen molar-refractivity contribution in [1.29, 1.82) is 0 Å². The molecule has 1 amide bonds. The summed E-state index contributed by atoms with van der Waals surface area (Å²) < 4.78 is 16.5. The number of carbonyl (C=O) groups excluding carboxylic acids is 1. The fourth-order valence-corrected chi connectivity index (χ4v) is 2.88. The van der Waals surface area contributed by atoms with Gasteiger partial charge in [0.1, 0.15) is 22.8 Å². The van der Waals surface area contributed by atoms with Crippen LogP contribution in [0.25, 0.3) is 10.9 Å². The zero-order valence-electron chi connectivity index (χ0n) is 16.8. The van der Waals surface area contributed by atoms with Crippen LogP contribution < -0.4 is 14.8 Å². The third-order valence-electron chi connectivity index (χ3n) is 4.18. The van der Waals surface area contributed by atoms with E-state index >= 15 is 0 Å². The molecular formula is C22H26N2O4. The standard InChI is InChI=1S/C22H26N2O4/c1-14(24-21(25)28-22(2,3)4)19-13-23-20-11-10-17(12-18(19)20)27-16-8-6-15(26-5)7-9-16/h6-14,23H,1-5H3,(H,24,25). The molecule has 2 aromatic carbocycles. The molecule has 0 saturated carbocycles. The first kappa shape index (κ1) is 19.6. The molecule has 2 N–H and O–H groups in total. The minimum Gasteiger partial charge on any atom is -0.497 e. The van der Waals surface area contributed by atoms with Gasteiger partial charge < -0.3 is 24.5 Å². The Hall–Kier alpha value is -3.15. The number of hydrogen-bond acceptors (Lipinski definition) is 4.